The molecule has 0 unspecified atom stereocenters. The fraction of sp³-hybridized carbons (Fsp3) is 0.571. The number of nitrogens with one attached hydrogen (secondary N) is 1. The predicted molar refractivity (Wildman–Crippen MR) is 128 cm³/mol. The lowest BCUT2D eigenvalue weighted by Crippen LogP contribution is -2.42. The highest BCUT2D eigenvalue weighted by molar-refractivity contribution is 6.60. The number of benzene rings is 1. The molecule has 0 saturated heterocycles. The zero-order chi connectivity index (χ0) is 24.3. The summed E-state index contributed by atoms with van der Waals surface area (Å²) >= 11 is 0. The Morgan fingerprint density at radius 3 is 1.75 bits per heavy atom. The predicted octanol–water partition coefficient (Wildman–Crippen LogP) is 3.35. The zero-order valence-electron chi connectivity index (χ0n) is 20.2. The maximum absolute atomic E-state index is 10.7. The van der Waals surface area contributed by atoms with E-state index in [1.807, 2.05) is 30.3 Å². The number of rotatable bonds is 16. The van der Waals surface area contributed by atoms with Crippen molar-refractivity contribution in [3.63, 3.8) is 0 Å². The third-order valence-corrected chi connectivity index (χ3v) is 10.3. The summed E-state index contributed by atoms with van der Waals surface area (Å²) in [6, 6.07) is 11.6. The Bertz CT molecular complexity index is 597. The molecule has 1 rings (SSSR count). The quantitative estimate of drug-likeness (QED) is 0.162. The third-order valence-electron chi connectivity index (χ3n) is 4.67. The van der Waals surface area contributed by atoms with Gasteiger partial charge in [-0.1, -0.05) is 24.8 Å². The van der Waals surface area contributed by atoms with E-state index >= 15 is 0 Å². The second-order valence-corrected chi connectivity index (χ2v) is 12.6. The fourth-order valence-corrected chi connectivity index (χ4v) is 6.14. The Morgan fingerprint density at radius 1 is 0.844 bits per heavy atom. The van der Waals surface area contributed by atoms with E-state index in [4.69, 9.17) is 31.3 Å². The highest BCUT2D eigenvalue weighted by atomic mass is 28.4. The maximum atomic E-state index is 10.7. The minimum Gasteiger partial charge on any atom is -0.463 e. The Kier molecular flexibility index (Phi) is 17.0. The molecular formula is C21H39NO8Si2. The van der Waals surface area contributed by atoms with E-state index in [1.165, 1.54) is 0 Å². The van der Waals surface area contributed by atoms with E-state index < -0.39 is 23.6 Å². The number of ether oxygens (including phenoxy) is 1. The van der Waals surface area contributed by atoms with Crippen molar-refractivity contribution in [2.24, 2.45) is 0 Å². The molecule has 1 aromatic carbocycles. The van der Waals surface area contributed by atoms with Gasteiger partial charge in [-0.25, -0.2) is 4.79 Å². The second-order valence-electron chi connectivity index (χ2n) is 6.46. The summed E-state index contributed by atoms with van der Waals surface area (Å²) in [4.78, 5) is 10.7. The lowest BCUT2D eigenvalue weighted by Gasteiger charge is -2.24. The van der Waals surface area contributed by atoms with Gasteiger partial charge in [0.25, 0.3) is 0 Å². The van der Waals surface area contributed by atoms with Gasteiger partial charge in [0.05, 0.1) is 6.61 Å². The Labute approximate surface area is 194 Å². The SMILES string of the molecule is C=CC(=O)OCCC[Si](OC)(OC)OC.CO[Si](CCCNc1ccccc1)(OC)OC. The highest BCUT2D eigenvalue weighted by Gasteiger charge is 2.37. The van der Waals surface area contributed by atoms with Crippen LogP contribution in [-0.2, 0) is 36.1 Å². The first-order chi connectivity index (χ1) is 15.4. The molecule has 0 spiro atoms. The molecule has 0 saturated carbocycles. The number of anilines is 1. The molecule has 184 valence electrons. The van der Waals surface area contributed by atoms with E-state index in [-0.39, 0.29) is 0 Å². The van der Waals surface area contributed by atoms with Crippen LogP contribution >= 0.6 is 0 Å². The molecule has 0 aliphatic carbocycles. The van der Waals surface area contributed by atoms with Crippen LogP contribution in [0.15, 0.2) is 43.0 Å². The molecule has 1 N–H and O–H groups in total. The minimum atomic E-state index is -2.52. The largest absolute Gasteiger partial charge is 0.500 e. The Balaban J connectivity index is 0.000000607. The number of para-hydroxylation sites is 1. The van der Waals surface area contributed by atoms with Crippen molar-refractivity contribution in [1.29, 1.82) is 0 Å². The molecule has 0 atom stereocenters. The van der Waals surface area contributed by atoms with Gasteiger partial charge in [-0.3, -0.25) is 0 Å². The van der Waals surface area contributed by atoms with Crippen molar-refractivity contribution < 1.29 is 36.1 Å². The molecule has 0 bridgehead atoms. The van der Waals surface area contributed by atoms with E-state index in [0.717, 1.165) is 30.8 Å². The first kappa shape index (κ1) is 30.4. The minimum absolute atomic E-state index is 0.315. The Morgan fingerprint density at radius 2 is 1.31 bits per heavy atom. The zero-order valence-corrected chi connectivity index (χ0v) is 22.2. The molecule has 32 heavy (non-hydrogen) atoms. The molecule has 9 nitrogen and oxygen atoms in total. The van der Waals surface area contributed by atoms with Gasteiger partial charge >= 0.3 is 23.6 Å². The van der Waals surface area contributed by atoms with E-state index in [1.54, 1.807) is 42.7 Å². The normalized spacial score (nSPS) is 11.3. The van der Waals surface area contributed by atoms with Crippen molar-refractivity contribution in [2.75, 3.05) is 61.1 Å². The maximum Gasteiger partial charge on any atom is 0.500 e. The van der Waals surface area contributed by atoms with E-state index in [2.05, 4.69) is 11.9 Å². The first-order valence-electron chi connectivity index (χ1n) is 10.3. The van der Waals surface area contributed by atoms with Crippen LogP contribution in [0.2, 0.25) is 12.1 Å². The van der Waals surface area contributed by atoms with Crippen molar-refractivity contribution in [1.82, 2.24) is 0 Å². The van der Waals surface area contributed by atoms with Crippen LogP contribution in [0, 0.1) is 0 Å². The molecule has 0 radical (unpaired) electrons. The molecule has 0 fully saturated rings. The number of carbonyl (C=O) groups is 1. The van der Waals surface area contributed by atoms with Crippen LogP contribution < -0.4 is 5.32 Å². The van der Waals surface area contributed by atoms with Crippen molar-refractivity contribution >= 4 is 29.3 Å². The molecular weight excluding hydrogens is 450 g/mol. The van der Waals surface area contributed by atoms with E-state index in [0.29, 0.717) is 19.1 Å². The topological polar surface area (TPSA) is 93.7 Å². The van der Waals surface area contributed by atoms with Gasteiger partial charge in [-0.2, -0.15) is 0 Å². The summed E-state index contributed by atoms with van der Waals surface area (Å²) in [6.07, 6.45) is 2.73. The van der Waals surface area contributed by atoms with Gasteiger partial charge < -0.3 is 36.6 Å². The van der Waals surface area contributed by atoms with Gasteiger partial charge in [0.1, 0.15) is 0 Å². The Hall–Kier alpha value is -1.58. The first-order valence-corrected chi connectivity index (χ1v) is 14.2. The lowest BCUT2D eigenvalue weighted by atomic mass is 10.3. The van der Waals surface area contributed by atoms with Gasteiger partial charge in [-0.15, -0.1) is 0 Å². The summed E-state index contributed by atoms with van der Waals surface area (Å²) in [7, 11) is 4.67. The van der Waals surface area contributed by atoms with Crippen LogP contribution in [0.4, 0.5) is 5.69 Å². The lowest BCUT2D eigenvalue weighted by molar-refractivity contribution is -0.137. The number of esters is 1. The van der Waals surface area contributed by atoms with Crippen LogP contribution in [0.25, 0.3) is 0 Å². The molecule has 0 aliphatic rings. The average Bonchev–Trinajstić information content (AvgIpc) is 2.86. The average molecular weight is 490 g/mol. The van der Waals surface area contributed by atoms with Crippen molar-refractivity contribution in [3.05, 3.63) is 43.0 Å². The molecule has 0 heterocycles. The van der Waals surface area contributed by atoms with Gasteiger partial charge in [0, 0.05) is 73.1 Å². The monoisotopic (exact) mass is 489 g/mol. The van der Waals surface area contributed by atoms with Crippen LogP contribution in [0.5, 0.6) is 0 Å². The fourth-order valence-electron chi connectivity index (χ4n) is 2.73. The van der Waals surface area contributed by atoms with Gasteiger partial charge in [-0.05, 0) is 25.0 Å². The highest BCUT2D eigenvalue weighted by Crippen LogP contribution is 2.16. The summed E-state index contributed by atoms with van der Waals surface area (Å²) in [5.74, 6) is -0.422. The van der Waals surface area contributed by atoms with Gasteiger partial charge in [0.2, 0.25) is 0 Å². The van der Waals surface area contributed by atoms with Crippen molar-refractivity contribution in [3.8, 4) is 0 Å². The third kappa shape index (κ3) is 11.9. The molecule has 0 aliphatic heterocycles. The summed E-state index contributed by atoms with van der Waals surface area (Å²) in [5.41, 5.74) is 1.13. The smallest absolute Gasteiger partial charge is 0.463 e. The molecule has 0 amide bonds. The summed E-state index contributed by atoms with van der Waals surface area (Å²) < 4.78 is 36.5. The van der Waals surface area contributed by atoms with Crippen LogP contribution in [0.3, 0.4) is 0 Å². The second kappa shape index (κ2) is 17.9. The van der Waals surface area contributed by atoms with Crippen LogP contribution in [0.1, 0.15) is 12.8 Å². The molecule has 11 heteroatoms. The molecule has 1 aromatic rings. The standard InChI is InChI=1S/C12H21NO3Si.C9H18O5Si/c1-14-17(15-2,16-3)11-7-10-13-12-8-5-4-6-9-12;1-5-9(10)14-7-6-8-15(11-2,12-3)13-4/h4-6,8-9,13H,7,10-11H2,1-3H3;5H,1,6-8H2,2-4H3. The van der Waals surface area contributed by atoms with Gasteiger partial charge in [0.15, 0.2) is 0 Å². The number of hydrogen-bond acceptors (Lipinski definition) is 9. The number of carbonyl (C=O) groups excluding carboxylic acids is 1. The summed E-state index contributed by atoms with van der Waals surface area (Å²) in [6.45, 7) is 4.50. The van der Waals surface area contributed by atoms with Crippen LogP contribution in [-0.4, -0.2) is 79.4 Å². The summed E-state index contributed by atoms with van der Waals surface area (Å²) in [5, 5.41) is 3.35. The van der Waals surface area contributed by atoms with Crippen molar-refractivity contribution in [2.45, 2.75) is 24.9 Å². The number of hydrogen-bond donors (Lipinski definition) is 1. The molecule has 0 aromatic heterocycles. The van der Waals surface area contributed by atoms with E-state index in [9.17, 15) is 4.79 Å².